The molecule has 2 N–H and O–H groups in total. The minimum absolute atomic E-state index is 0.129. The van der Waals surface area contributed by atoms with Gasteiger partial charge in [0.05, 0.1) is 7.11 Å². The average molecular weight is 329 g/mol. The molecule has 0 heterocycles. The van der Waals surface area contributed by atoms with E-state index in [9.17, 15) is 4.79 Å². The number of aliphatic imine (C=N–C) groups is 1. The topological polar surface area (TPSA) is 66.0 Å². The number of carbonyl (C=O) groups excluding carboxylic acids is 1. The third-order valence-electron chi connectivity index (χ3n) is 3.79. The average Bonchev–Trinajstić information content (AvgIpc) is 2.51. The van der Waals surface area contributed by atoms with Crippen molar-refractivity contribution in [3.63, 3.8) is 0 Å². The molecular weight excluding hydrogens is 292 g/mol. The molecule has 23 heavy (non-hydrogen) atoms. The highest BCUT2D eigenvalue weighted by molar-refractivity contribution is 5.79. The van der Waals surface area contributed by atoms with Gasteiger partial charge >= 0.3 is 5.97 Å². The van der Waals surface area contributed by atoms with Crippen molar-refractivity contribution in [2.24, 2.45) is 4.99 Å². The van der Waals surface area contributed by atoms with Crippen LogP contribution in [0.25, 0.3) is 0 Å². The van der Waals surface area contributed by atoms with E-state index in [1.54, 1.807) is 7.05 Å². The highest BCUT2D eigenvalue weighted by Crippen LogP contribution is 2.03. The summed E-state index contributed by atoms with van der Waals surface area (Å²) in [5.41, 5.74) is 0. The summed E-state index contributed by atoms with van der Waals surface area (Å²) >= 11 is 0. The van der Waals surface area contributed by atoms with Crippen LogP contribution in [0.1, 0.15) is 53.4 Å². The van der Waals surface area contributed by atoms with E-state index in [1.165, 1.54) is 7.11 Å². The smallest absolute Gasteiger partial charge is 0.305 e. The van der Waals surface area contributed by atoms with Crippen molar-refractivity contribution in [3.8, 4) is 0 Å². The van der Waals surface area contributed by atoms with Crippen LogP contribution in [-0.2, 0) is 9.53 Å². The zero-order chi connectivity index (χ0) is 17.7. The summed E-state index contributed by atoms with van der Waals surface area (Å²) in [4.78, 5) is 17.7. The fourth-order valence-corrected chi connectivity index (χ4v) is 2.52. The van der Waals surface area contributed by atoms with E-state index >= 15 is 0 Å². The van der Waals surface area contributed by atoms with E-state index < -0.39 is 0 Å². The number of nitrogens with one attached hydrogen (secondary N) is 2. The van der Waals surface area contributed by atoms with Crippen LogP contribution in [0.4, 0.5) is 0 Å². The fraction of sp³-hybridized carbons (Fsp3) is 0.882. The molecule has 0 aliphatic heterocycles. The largest absolute Gasteiger partial charge is 0.469 e. The first-order valence-corrected chi connectivity index (χ1v) is 8.69. The maximum atomic E-state index is 11.0. The Hall–Kier alpha value is -1.30. The molecule has 0 bridgehead atoms. The molecule has 0 aliphatic carbocycles. The summed E-state index contributed by atoms with van der Waals surface area (Å²) in [7, 11) is 3.22. The van der Waals surface area contributed by atoms with Gasteiger partial charge in [0.15, 0.2) is 5.96 Å². The lowest BCUT2D eigenvalue weighted by atomic mass is 10.2. The maximum Gasteiger partial charge on any atom is 0.305 e. The predicted octanol–water partition coefficient (Wildman–Crippen LogP) is 2.00. The SMILES string of the molecule is CN=C(NCCCCCC(=O)OC)NCCN(C(C)C)C(C)C. The standard InChI is InChI=1S/C17H36N4O2/c1-14(2)21(15(3)4)13-12-20-17(18-5)19-11-9-7-8-10-16(22)23-6/h14-15H,7-13H2,1-6H3,(H2,18,19,20). The first-order chi connectivity index (χ1) is 10.9. The number of esters is 1. The third-order valence-corrected chi connectivity index (χ3v) is 3.79. The molecule has 0 fully saturated rings. The molecule has 0 amide bonds. The van der Waals surface area contributed by atoms with E-state index in [0.29, 0.717) is 18.5 Å². The summed E-state index contributed by atoms with van der Waals surface area (Å²) in [6, 6.07) is 1.09. The van der Waals surface area contributed by atoms with Gasteiger partial charge in [-0.3, -0.25) is 14.7 Å². The quantitative estimate of drug-likeness (QED) is 0.263. The normalized spacial score (nSPS) is 12.1. The Bertz CT molecular complexity index is 335. The van der Waals surface area contributed by atoms with Crippen LogP contribution in [0.2, 0.25) is 0 Å². The van der Waals surface area contributed by atoms with Crippen molar-refractivity contribution in [3.05, 3.63) is 0 Å². The van der Waals surface area contributed by atoms with Crippen LogP contribution in [-0.4, -0.2) is 62.7 Å². The van der Waals surface area contributed by atoms with Crippen LogP contribution in [0.5, 0.6) is 0 Å². The van der Waals surface area contributed by atoms with Gasteiger partial charge in [-0.25, -0.2) is 0 Å². The van der Waals surface area contributed by atoms with Gasteiger partial charge < -0.3 is 15.4 Å². The number of guanidine groups is 1. The molecule has 0 saturated heterocycles. The number of ether oxygens (including phenoxy) is 1. The highest BCUT2D eigenvalue weighted by Gasteiger charge is 2.12. The molecule has 136 valence electrons. The molecule has 0 aromatic carbocycles. The minimum Gasteiger partial charge on any atom is -0.469 e. The zero-order valence-corrected chi connectivity index (χ0v) is 15.8. The molecule has 6 heteroatoms. The van der Waals surface area contributed by atoms with Gasteiger partial charge in [-0.2, -0.15) is 0 Å². The van der Waals surface area contributed by atoms with Crippen molar-refractivity contribution in [2.75, 3.05) is 33.8 Å². The van der Waals surface area contributed by atoms with Crippen molar-refractivity contribution in [1.82, 2.24) is 15.5 Å². The van der Waals surface area contributed by atoms with Crippen molar-refractivity contribution < 1.29 is 9.53 Å². The van der Waals surface area contributed by atoms with Crippen LogP contribution in [0, 0.1) is 0 Å². The molecule has 0 rings (SSSR count). The number of nitrogens with zero attached hydrogens (tertiary/aromatic N) is 2. The van der Waals surface area contributed by atoms with Crippen LogP contribution >= 0.6 is 0 Å². The molecule has 0 aromatic heterocycles. The van der Waals surface area contributed by atoms with Gasteiger partial charge in [-0.15, -0.1) is 0 Å². The van der Waals surface area contributed by atoms with Crippen molar-refractivity contribution in [2.45, 2.75) is 65.5 Å². The Balaban J connectivity index is 3.81. The van der Waals surface area contributed by atoms with E-state index in [-0.39, 0.29) is 5.97 Å². The van der Waals surface area contributed by atoms with Crippen LogP contribution in [0.3, 0.4) is 0 Å². The van der Waals surface area contributed by atoms with Gasteiger partial charge in [-0.1, -0.05) is 6.42 Å². The Morgan fingerprint density at radius 3 is 2.17 bits per heavy atom. The molecular formula is C17H36N4O2. The van der Waals surface area contributed by atoms with E-state index in [4.69, 9.17) is 0 Å². The second-order valence-electron chi connectivity index (χ2n) is 6.24. The van der Waals surface area contributed by atoms with E-state index in [1.807, 2.05) is 0 Å². The third kappa shape index (κ3) is 11.0. The molecule has 0 atom stereocenters. The molecule has 0 spiro atoms. The van der Waals surface area contributed by atoms with E-state index in [2.05, 4.69) is 53.0 Å². The molecule has 0 radical (unpaired) electrons. The van der Waals surface area contributed by atoms with Gasteiger partial charge in [0.1, 0.15) is 0 Å². The lowest BCUT2D eigenvalue weighted by Gasteiger charge is -2.30. The van der Waals surface area contributed by atoms with E-state index in [0.717, 1.165) is 44.9 Å². The molecule has 6 nitrogen and oxygen atoms in total. The first-order valence-electron chi connectivity index (χ1n) is 8.69. The van der Waals surface area contributed by atoms with Crippen LogP contribution < -0.4 is 10.6 Å². The molecule has 0 saturated carbocycles. The van der Waals surface area contributed by atoms with Crippen molar-refractivity contribution >= 4 is 11.9 Å². The molecule has 0 aromatic rings. The number of hydrogen-bond acceptors (Lipinski definition) is 4. The number of hydrogen-bond donors (Lipinski definition) is 2. The second kappa shape index (κ2) is 13.2. The summed E-state index contributed by atoms with van der Waals surface area (Å²) in [5.74, 6) is 0.709. The number of rotatable bonds is 11. The maximum absolute atomic E-state index is 11.0. The molecule has 0 unspecified atom stereocenters. The summed E-state index contributed by atoms with van der Waals surface area (Å²) in [6.07, 6.45) is 3.40. The first kappa shape index (κ1) is 21.7. The summed E-state index contributed by atoms with van der Waals surface area (Å²) < 4.78 is 4.62. The minimum atomic E-state index is -0.129. The fourth-order valence-electron chi connectivity index (χ4n) is 2.52. The zero-order valence-electron chi connectivity index (χ0n) is 15.8. The van der Waals surface area contributed by atoms with Crippen molar-refractivity contribution in [1.29, 1.82) is 0 Å². The predicted molar refractivity (Wildman–Crippen MR) is 96.8 cm³/mol. The van der Waals surface area contributed by atoms with Gasteiger partial charge in [0, 0.05) is 45.2 Å². The lowest BCUT2D eigenvalue weighted by Crippen LogP contribution is -2.45. The lowest BCUT2D eigenvalue weighted by molar-refractivity contribution is -0.140. The monoisotopic (exact) mass is 328 g/mol. The summed E-state index contributed by atoms with van der Waals surface area (Å²) in [5, 5.41) is 6.66. The Morgan fingerprint density at radius 1 is 1.04 bits per heavy atom. The van der Waals surface area contributed by atoms with Crippen LogP contribution in [0.15, 0.2) is 4.99 Å². The number of methoxy groups -OCH3 is 1. The molecule has 0 aliphatic rings. The summed E-state index contributed by atoms with van der Waals surface area (Å²) in [6.45, 7) is 11.6. The van der Waals surface area contributed by atoms with Gasteiger partial charge in [-0.05, 0) is 40.5 Å². The second-order valence-corrected chi connectivity index (χ2v) is 6.24. The Morgan fingerprint density at radius 2 is 1.65 bits per heavy atom. The van der Waals surface area contributed by atoms with Gasteiger partial charge in [0.25, 0.3) is 0 Å². The van der Waals surface area contributed by atoms with Gasteiger partial charge in [0.2, 0.25) is 0 Å². The Kier molecular flexibility index (Phi) is 12.4. The highest BCUT2D eigenvalue weighted by atomic mass is 16.5. The number of carbonyl (C=O) groups is 1. The Labute approximate surface area is 142 Å². The number of unbranched alkanes of at least 4 members (excludes halogenated alkanes) is 2.